The fourth-order valence-electron chi connectivity index (χ4n) is 1.33. The molecule has 0 bridgehead atoms. The average molecular weight is 197 g/mol. The molecule has 1 unspecified atom stereocenters. The molecule has 0 fully saturated rings. The molecule has 0 aliphatic heterocycles. The normalized spacial score (nSPS) is 13.1. The number of nitrogens with zero attached hydrogens (tertiary/aromatic N) is 2. The molecule has 1 N–H and O–H groups in total. The molecular formula is C10H19N3O. The predicted molar refractivity (Wildman–Crippen MR) is 55.0 cm³/mol. The zero-order valence-corrected chi connectivity index (χ0v) is 9.21. The third-order valence-corrected chi connectivity index (χ3v) is 2.16. The predicted octanol–water partition coefficient (Wildman–Crippen LogP) is 2.08. The zero-order valence-electron chi connectivity index (χ0n) is 9.21. The van der Waals surface area contributed by atoms with E-state index < -0.39 is 0 Å². The van der Waals surface area contributed by atoms with E-state index in [2.05, 4.69) is 36.2 Å². The summed E-state index contributed by atoms with van der Waals surface area (Å²) in [5, 5.41) is 7.07. The van der Waals surface area contributed by atoms with Crippen molar-refractivity contribution in [3.63, 3.8) is 0 Å². The van der Waals surface area contributed by atoms with Crippen LogP contribution in [-0.2, 0) is 6.54 Å². The van der Waals surface area contributed by atoms with Crippen molar-refractivity contribution in [1.29, 1.82) is 0 Å². The molecule has 1 aromatic heterocycles. The average Bonchev–Trinajstić information content (AvgIpc) is 2.63. The monoisotopic (exact) mass is 197 g/mol. The maximum atomic E-state index is 5.17. The molecule has 1 heterocycles. The van der Waals surface area contributed by atoms with E-state index in [9.17, 15) is 0 Å². The minimum absolute atomic E-state index is 0.378. The van der Waals surface area contributed by atoms with Crippen LogP contribution in [0.3, 0.4) is 0 Å². The van der Waals surface area contributed by atoms with Gasteiger partial charge in [0, 0.05) is 5.92 Å². The van der Waals surface area contributed by atoms with Gasteiger partial charge in [0.05, 0.1) is 6.54 Å². The van der Waals surface area contributed by atoms with Crippen molar-refractivity contribution in [2.75, 3.05) is 6.54 Å². The lowest BCUT2D eigenvalue weighted by atomic mass is 10.1. The van der Waals surface area contributed by atoms with Gasteiger partial charge in [0.15, 0.2) is 5.82 Å². The summed E-state index contributed by atoms with van der Waals surface area (Å²) >= 11 is 0. The summed E-state index contributed by atoms with van der Waals surface area (Å²) in [5.41, 5.74) is 0. The van der Waals surface area contributed by atoms with Gasteiger partial charge < -0.3 is 9.84 Å². The highest BCUT2D eigenvalue weighted by molar-refractivity contribution is 4.91. The lowest BCUT2D eigenvalue weighted by Crippen LogP contribution is -2.12. The Morgan fingerprint density at radius 2 is 2.21 bits per heavy atom. The van der Waals surface area contributed by atoms with E-state index in [0.29, 0.717) is 12.5 Å². The van der Waals surface area contributed by atoms with Crippen LogP contribution in [0.2, 0.25) is 0 Å². The summed E-state index contributed by atoms with van der Waals surface area (Å²) in [7, 11) is 0. The Labute approximate surface area is 85.1 Å². The topological polar surface area (TPSA) is 51.0 Å². The Morgan fingerprint density at radius 1 is 1.43 bits per heavy atom. The van der Waals surface area contributed by atoms with Crippen LogP contribution in [0.25, 0.3) is 0 Å². The van der Waals surface area contributed by atoms with Crippen molar-refractivity contribution in [2.45, 2.75) is 46.1 Å². The Morgan fingerprint density at radius 3 is 2.86 bits per heavy atom. The largest absolute Gasteiger partial charge is 0.339 e. The van der Waals surface area contributed by atoms with Crippen LogP contribution in [0.5, 0.6) is 0 Å². The van der Waals surface area contributed by atoms with Gasteiger partial charge in [0.1, 0.15) is 0 Å². The summed E-state index contributed by atoms with van der Waals surface area (Å²) in [4.78, 5) is 4.33. The number of rotatable bonds is 6. The zero-order chi connectivity index (χ0) is 10.4. The minimum Gasteiger partial charge on any atom is -0.339 e. The van der Waals surface area contributed by atoms with E-state index in [1.807, 2.05) is 0 Å². The highest BCUT2D eigenvalue weighted by Crippen LogP contribution is 2.17. The van der Waals surface area contributed by atoms with E-state index in [0.717, 1.165) is 31.1 Å². The molecule has 0 aliphatic carbocycles. The van der Waals surface area contributed by atoms with Crippen LogP contribution in [0.1, 0.15) is 51.2 Å². The van der Waals surface area contributed by atoms with Crippen LogP contribution >= 0.6 is 0 Å². The maximum absolute atomic E-state index is 5.17. The van der Waals surface area contributed by atoms with E-state index in [-0.39, 0.29) is 0 Å². The van der Waals surface area contributed by atoms with E-state index in [4.69, 9.17) is 4.52 Å². The van der Waals surface area contributed by atoms with Gasteiger partial charge in [0.2, 0.25) is 5.89 Å². The molecule has 0 aliphatic rings. The van der Waals surface area contributed by atoms with Gasteiger partial charge in [0.25, 0.3) is 0 Å². The molecule has 4 heteroatoms. The number of hydrogen-bond donors (Lipinski definition) is 1. The van der Waals surface area contributed by atoms with Crippen molar-refractivity contribution in [3.05, 3.63) is 11.7 Å². The highest BCUT2D eigenvalue weighted by Gasteiger charge is 2.12. The van der Waals surface area contributed by atoms with E-state index in [1.165, 1.54) is 0 Å². The first-order chi connectivity index (χ1) is 6.77. The molecule has 0 saturated carbocycles. The van der Waals surface area contributed by atoms with Crippen LogP contribution < -0.4 is 5.32 Å². The number of nitrogens with one attached hydrogen (secondary N) is 1. The van der Waals surface area contributed by atoms with Crippen LogP contribution in [0.15, 0.2) is 4.52 Å². The van der Waals surface area contributed by atoms with Crippen molar-refractivity contribution in [1.82, 2.24) is 15.5 Å². The fourth-order valence-corrected chi connectivity index (χ4v) is 1.33. The number of aromatic nitrogens is 2. The summed E-state index contributed by atoms with van der Waals surface area (Å²) in [6.45, 7) is 7.95. The Balaban J connectivity index is 2.49. The number of hydrogen-bond acceptors (Lipinski definition) is 4. The first-order valence-corrected chi connectivity index (χ1v) is 5.31. The molecule has 0 saturated heterocycles. The van der Waals surface area contributed by atoms with E-state index in [1.54, 1.807) is 0 Å². The van der Waals surface area contributed by atoms with Gasteiger partial charge in [-0.05, 0) is 13.0 Å². The Bertz CT molecular complexity index is 260. The molecule has 4 nitrogen and oxygen atoms in total. The quantitative estimate of drug-likeness (QED) is 0.758. The van der Waals surface area contributed by atoms with Gasteiger partial charge in [-0.3, -0.25) is 0 Å². The van der Waals surface area contributed by atoms with Gasteiger partial charge in [-0.15, -0.1) is 0 Å². The molecule has 0 aromatic carbocycles. The SMILES string of the molecule is CCCC(C)c1nc(CNCC)no1. The van der Waals surface area contributed by atoms with E-state index >= 15 is 0 Å². The van der Waals surface area contributed by atoms with Gasteiger partial charge in [-0.1, -0.05) is 32.3 Å². The van der Waals surface area contributed by atoms with Crippen LogP contribution in [0, 0.1) is 0 Å². The fraction of sp³-hybridized carbons (Fsp3) is 0.800. The second-order valence-electron chi connectivity index (χ2n) is 3.52. The third kappa shape index (κ3) is 3.10. The molecule has 14 heavy (non-hydrogen) atoms. The second-order valence-corrected chi connectivity index (χ2v) is 3.52. The molecule has 1 rings (SSSR count). The molecule has 0 radical (unpaired) electrons. The van der Waals surface area contributed by atoms with Crippen LogP contribution in [0.4, 0.5) is 0 Å². The molecule has 0 amide bonds. The second kappa shape index (κ2) is 5.75. The summed E-state index contributed by atoms with van der Waals surface area (Å²) in [5.74, 6) is 1.90. The third-order valence-electron chi connectivity index (χ3n) is 2.16. The smallest absolute Gasteiger partial charge is 0.229 e. The first kappa shape index (κ1) is 11.2. The van der Waals surface area contributed by atoms with Gasteiger partial charge in [-0.2, -0.15) is 4.98 Å². The maximum Gasteiger partial charge on any atom is 0.229 e. The Kier molecular flexibility index (Phi) is 4.59. The summed E-state index contributed by atoms with van der Waals surface area (Å²) in [6, 6.07) is 0. The summed E-state index contributed by atoms with van der Waals surface area (Å²) < 4.78 is 5.17. The van der Waals surface area contributed by atoms with Crippen molar-refractivity contribution < 1.29 is 4.52 Å². The molecule has 80 valence electrons. The van der Waals surface area contributed by atoms with Crippen molar-refractivity contribution in [2.24, 2.45) is 0 Å². The van der Waals surface area contributed by atoms with Gasteiger partial charge >= 0.3 is 0 Å². The molecule has 1 atom stereocenters. The highest BCUT2D eigenvalue weighted by atomic mass is 16.5. The molecular weight excluding hydrogens is 178 g/mol. The minimum atomic E-state index is 0.378. The molecule has 1 aromatic rings. The lowest BCUT2D eigenvalue weighted by molar-refractivity contribution is 0.348. The lowest BCUT2D eigenvalue weighted by Gasteiger charge is -2.01. The standard InChI is InChI=1S/C10H19N3O/c1-4-6-8(3)10-12-9(13-14-10)7-11-5-2/h8,11H,4-7H2,1-3H3. The Hall–Kier alpha value is -0.900. The van der Waals surface area contributed by atoms with Crippen molar-refractivity contribution >= 4 is 0 Å². The summed E-state index contributed by atoms with van der Waals surface area (Å²) in [6.07, 6.45) is 2.24. The van der Waals surface area contributed by atoms with Crippen molar-refractivity contribution in [3.8, 4) is 0 Å². The molecule has 0 spiro atoms. The van der Waals surface area contributed by atoms with Crippen LogP contribution in [-0.4, -0.2) is 16.7 Å². The van der Waals surface area contributed by atoms with Gasteiger partial charge in [-0.25, -0.2) is 0 Å². The first-order valence-electron chi connectivity index (χ1n) is 5.31.